The standard InChI is InChI=1S/C12H25NO2/c1-5-7-8-10(3)13-12(4,9-6-2)11(14)15/h10,13H,5-9H2,1-4H3,(H,14,15). The molecule has 0 amide bonds. The molecule has 0 aliphatic carbocycles. The van der Waals surface area contributed by atoms with Crippen LogP contribution in [0.15, 0.2) is 0 Å². The van der Waals surface area contributed by atoms with Crippen LogP contribution in [0, 0.1) is 0 Å². The Morgan fingerprint density at radius 3 is 2.40 bits per heavy atom. The highest BCUT2D eigenvalue weighted by Crippen LogP contribution is 2.15. The normalized spacial score (nSPS) is 17.1. The lowest BCUT2D eigenvalue weighted by molar-refractivity contribution is -0.144. The van der Waals surface area contributed by atoms with Gasteiger partial charge in [-0.2, -0.15) is 0 Å². The molecule has 0 aromatic rings. The molecule has 0 saturated heterocycles. The van der Waals surface area contributed by atoms with Gasteiger partial charge in [0.15, 0.2) is 0 Å². The van der Waals surface area contributed by atoms with Crippen molar-refractivity contribution >= 4 is 5.97 Å². The van der Waals surface area contributed by atoms with E-state index in [0.29, 0.717) is 6.42 Å². The molecule has 0 aromatic carbocycles. The van der Waals surface area contributed by atoms with Crippen LogP contribution >= 0.6 is 0 Å². The second-order valence-corrected chi connectivity index (χ2v) is 4.57. The van der Waals surface area contributed by atoms with Crippen molar-refractivity contribution in [2.45, 2.75) is 71.4 Å². The zero-order chi connectivity index (χ0) is 11.9. The summed E-state index contributed by atoms with van der Waals surface area (Å²) in [5, 5.41) is 12.4. The second-order valence-electron chi connectivity index (χ2n) is 4.57. The van der Waals surface area contributed by atoms with Crippen molar-refractivity contribution in [2.75, 3.05) is 0 Å². The molecule has 90 valence electrons. The van der Waals surface area contributed by atoms with Crippen molar-refractivity contribution in [3.05, 3.63) is 0 Å². The van der Waals surface area contributed by atoms with Crippen LogP contribution in [-0.2, 0) is 4.79 Å². The van der Waals surface area contributed by atoms with Gasteiger partial charge in [-0.1, -0.05) is 33.1 Å². The van der Waals surface area contributed by atoms with Gasteiger partial charge < -0.3 is 5.11 Å². The maximum Gasteiger partial charge on any atom is 0.323 e. The van der Waals surface area contributed by atoms with Crippen LogP contribution in [-0.4, -0.2) is 22.7 Å². The van der Waals surface area contributed by atoms with Crippen molar-refractivity contribution in [2.24, 2.45) is 0 Å². The number of aliphatic carboxylic acids is 1. The molecular weight excluding hydrogens is 190 g/mol. The number of unbranched alkanes of at least 4 members (excludes halogenated alkanes) is 1. The third kappa shape index (κ3) is 5.17. The van der Waals surface area contributed by atoms with Gasteiger partial charge in [0, 0.05) is 6.04 Å². The van der Waals surface area contributed by atoms with Crippen LogP contribution in [0.1, 0.15) is 59.8 Å². The van der Waals surface area contributed by atoms with E-state index in [-0.39, 0.29) is 6.04 Å². The molecule has 0 aromatic heterocycles. The fraction of sp³-hybridized carbons (Fsp3) is 0.917. The number of carbonyl (C=O) groups is 1. The van der Waals surface area contributed by atoms with Crippen molar-refractivity contribution in [1.29, 1.82) is 0 Å². The van der Waals surface area contributed by atoms with Crippen LogP contribution in [0.3, 0.4) is 0 Å². The Morgan fingerprint density at radius 1 is 1.40 bits per heavy atom. The first-order chi connectivity index (χ1) is 6.96. The average molecular weight is 215 g/mol. The number of carboxylic acid groups (broad SMARTS) is 1. The summed E-state index contributed by atoms with van der Waals surface area (Å²) in [5.41, 5.74) is -0.762. The van der Waals surface area contributed by atoms with E-state index < -0.39 is 11.5 Å². The molecule has 2 N–H and O–H groups in total. The van der Waals surface area contributed by atoms with E-state index in [1.54, 1.807) is 6.92 Å². The SMILES string of the molecule is CCCCC(C)NC(C)(CCC)C(=O)O. The molecule has 0 fully saturated rings. The van der Waals surface area contributed by atoms with Gasteiger partial charge in [0.05, 0.1) is 0 Å². The summed E-state index contributed by atoms with van der Waals surface area (Å²) in [6, 6.07) is 0.276. The number of rotatable bonds is 8. The zero-order valence-electron chi connectivity index (χ0n) is 10.5. The van der Waals surface area contributed by atoms with Crippen LogP contribution < -0.4 is 5.32 Å². The highest BCUT2D eigenvalue weighted by Gasteiger charge is 2.32. The molecule has 0 saturated carbocycles. The second kappa shape index (κ2) is 6.83. The predicted octanol–water partition coefficient (Wildman–Crippen LogP) is 2.80. The fourth-order valence-electron chi connectivity index (χ4n) is 1.87. The van der Waals surface area contributed by atoms with E-state index in [0.717, 1.165) is 25.7 Å². The molecule has 3 heteroatoms. The van der Waals surface area contributed by atoms with Crippen molar-refractivity contribution < 1.29 is 9.90 Å². The third-order valence-corrected chi connectivity index (χ3v) is 2.78. The molecule has 2 unspecified atom stereocenters. The Bertz CT molecular complexity index is 194. The quantitative estimate of drug-likeness (QED) is 0.654. The van der Waals surface area contributed by atoms with Gasteiger partial charge >= 0.3 is 5.97 Å². The first kappa shape index (κ1) is 14.4. The number of carboxylic acids is 1. The molecule has 0 heterocycles. The minimum absolute atomic E-state index is 0.276. The van der Waals surface area contributed by atoms with Gasteiger partial charge in [-0.15, -0.1) is 0 Å². The van der Waals surface area contributed by atoms with Gasteiger partial charge in [-0.3, -0.25) is 10.1 Å². The largest absolute Gasteiger partial charge is 0.480 e. The first-order valence-corrected chi connectivity index (χ1v) is 5.97. The van der Waals surface area contributed by atoms with Crippen LogP contribution in [0.2, 0.25) is 0 Å². The minimum Gasteiger partial charge on any atom is -0.480 e. The average Bonchev–Trinajstić information content (AvgIpc) is 2.14. The molecule has 0 bridgehead atoms. The van der Waals surface area contributed by atoms with E-state index in [2.05, 4.69) is 19.2 Å². The number of nitrogens with one attached hydrogen (secondary N) is 1. The molecule has 0 aliphatic heterocycles. The summed E-state index contributed by atoms with van der Waals surface area (Å²) in [6.45, 7) is 8.00. The minimum atomic E-state index is -0.762. The zero-order valence-corrected chi connectivity index (χ0v) is 10.5. The van der Waals surface area contributed by atoms with E-state index in [9.17, 15) is 9.90 Å². The lowest BCUT2D eigenvalue weighted by Crippen LogP contribution is -2.52. The Morgan fingerprint density at radius 2 is 2.00 bits per heavy atom. The van der Waals surface area contributed by atoms with E-state index in [1.807, 2.05) is 6.92 Å². The summed E-state index contributed by atoms with van der Waals surface area (Å²) in [5.74, 6) is -0.743. The van der Waals surface area contributed by atoms with E-state index in [1.165, 1.54) is 0 Å². The lowest BCUT2D eigenvalue weighted by atomic mass is 9.94. The van der Waals surface area contributed by atoms with Crippen LogP contribution in [0.5, 0.6) is 0 Å². The van der Waals surface area contributed by atoms with Crippen LogP contribution in [0.25, 0.3) is 0 Å². The summed E-state index contributed by atoms with van der Waals surface area (Å²) in [7, 11) is 0. The van der Waals surface area contributed by atoms with Gasteiger partial charge in [-0.25, -0.2) is 0 Å². The third-order valence-electron chi connectivity index (χ3n) is 2.78. The Kier molecular flexibility index (Phi) is 6.57. The molecule has 0 aliphatic rings. The fourth-order valence-corrected chi connectivity index (χ4v) is 1.87. The Labute approximate surface area is 93.3 Å². The van der Waals surface area contributed by atoms with Crippen molar-refractivity contribution in [1.82, 2.24) is 5.32 Å². The Hall–Kier alpha value is -0.570. The van der Waals surface area contributed by atoms with Crippen molar-refractivity contribution in [3.63, 3.8) is 0 Å². The topological polar surface area (TPSA) is 49.3 Å². The summed E-state index contributed by atoms with van der Waals surface area (Å²) in [6.07, 6.45) is 4.91. The van der Waals surface area contributed by atoms with Gasteiger partial charge in [0.2, 0.25) is 0 Å². The maximum absolute atomic E-state index is 11.2. The molecule has 2 atom stereocenters. The number of hydrogen-bond donors (Lipinski definition) is 2. The van der Waals surface area contributed by atoms with E-state index in [4.69, 9.17) is 0 Å². The molecule has 15 heavy (non-hydrogen) atoms. The highest BCUT2D eigenvalue weighted by atomic mass is 16.4. The summed E-state index contributed by atoms with van der Waals surface area (Å²) in [4.78, 5) is 11.2. The summed E-state index contributed by atoms with van der Waals surface area (Å²) >= 11 is 0. The van der Waals surface area contributed by atoms with E-state index >= 15 is 0 Å². The van der Waals surface area contributed by atoms with Gasteiger partial charge in [0.1, 0.15) is 5.54 Å². The van der Waals surface area contributed by atoms with Crippen molar-refractivity contribution in [3.8, 4) is 0 Å². The smallest absolute Gasteiger partial charge is 0.323 e. The lowest BCUT2D eigenvalue weighted by Gasteiger charge is -2.29. The molecule has 0 spiro atoms. The first-order valence-electron chi connectivity index (χ1n) is 5.97. The number of hydrogen-bond acceptors (Lipinski definition) is 2. The molecular formula is C12H25NO2. The molecule has 3 nitrogen and oxygen atoms in total. The molecule has 0 radical (unpaired) electrons. The van der Waals surface area contributed by atoms with Gasteiger partial charge in [-0.05, 0) is 26.7 Å². The predicted molar refractivity (Wildman–Crippen MR) is 63.1 cm³/mol. The van der Waals surface area contributed by atoms with Gasteiger partial charge in [0.25, 0.3) is 0 Å². The maximum atomic E-state index is 11.2. The highest BCUT2D eigenvalue weighted by molar-refractivity contribution is 5.78. The summed E-state index contributed by atoms with van der Waals surface area (Å²) < 4.78 is 0. The Balaban J connectivity index is 4.21. The molecule has 0 rings (SSSR count). The van der Waals surface area contributed by atoms with Crippen LogP contribution in [0.4, 0.5) is 0 Å². The monoisotopic (exact) mass is 215 g/mol.